The number of rotatable bonds is 6. The first kappa shape index (κ1) is 16.4. The average Bonchev–Trinajstić information content (AvgIpc) is 2.98. The van der Waals surface area contributed by atoms with Crippen molar-refractivity contribution in [2.24, 2.45) is 0 Å². The number of carbonyl (C=O) groups excluding carboxylic acids is 1. The topological polar surface area (TPSA) is 42.2 Å². The minimum Gasteiger partial charge on any atom is -0.464 e. The molecule has 0 aliphatic heterocycles. The quantitative estimate of drug-likeness (QED) is 0.816. The van der Waals surface area contributed by atoms with Crippen molar-refractivity contribution in [2.45, 2.75) is 61.5 Å². The molecular formula is C19H25NO2S. The fraction of sp³-hybridized carbons (Fsp3) is 0.526. The van der Waals surface area contributed by atoms with Crippen molar-refractivity contribution >= 4 is 28.6 Å². The highest BCUT2D eigenvalue weighted by molar-refractivity contribution is 8.00. The molecule has 1 heterocycles. The molecule has 2 aromatic rings. The Labute approximate surface area is 142 Å². The van der Waals surface area contributed by atoms with Gasteiger partial charge in [0, 0.05) is 29.0 Å². The molecule has 0 atom stereocenters. The molecule has 1 aliphatic carbocycles. The monoisotopic (exact) mass is 331 g/mol. The molecule has 23 heavy (non-hydrogen) atoms. The summed E-state index contributed by atoms with van der Waals surface area (Å²) < 4.78 is 5.67. The molecule has 3 rings (SSSR count). The summed E-state index contributed by atoms with van der Waals surface area (Å²) in [7, 11) is 1.68. The molecule has 1 aliphatic rings. The summed E-state index contributed by atoms with van der Waals surface area (Å²) in [5.41, 5.74) is 2.17. The van der Waals surface area contributed by atoms with Crippen LogP contribution in [0.5, 0.6) is 0 Å². The van der Waals surface area contributed by atoms with Gasteiger partial charge in [-0.1, -0.05) is 19.3 Å². The highest BCUT2D eigenvalue weighted by atomic mass is 32.2. The third-order valence-electron chi connectivity index (χ3n) is 4.61. The van der Waals surface area contributed by atoms with Gasteiger partial charge in [-0.05, 0) is 49.4 Å². The summed E-state index contributed by atoms with van der Waals surface area (Å²) in [6.45, 7) is 0. The Bertz CT molecular complexity index is 658. The lowest BCUT2D eigenvalue weighted by molar-refractivity contribution is -0.120. The van der Waals surface area contributed by atoms with Crippen molar-refractivity contribution in [3.05, 3.63) is 30.0 Å². The molecule has 1 aromatic carbocycles. The first-order valence-corrected chi connectivity index (χ1v) is 9.51. The number of hydrogen-bond acceptors (Lipinski definition) is 3. The van der Waals surface area contributed by atoms with Crippen LogP contribution in [0.3, 0.4) is 0 Å². The number of carbonyl (C=O) groups is 1. The average molecular weight is 331 g/mol. The Morgan fingerprint density at radius 1 is 1.30 bits per heavy atom. The molecule has 1 amide bonds. The fourth-order valence-electron chi connectivity index (χ4n) is 3.27. The zero-order valence-corrected chi connectivity index (χ0v) is 14.6. The second-order valence-electron chi connectivity index (χ2n) is 6.32. The standard InChI is InChI=1S/C19H25NO2S/c1-20-19(21)9-5-6-14-13-22-18-11-10-16(12-17(14)18)23-15-7-3-2-4-8-15/h10-13,15H,2-9H2,1H3,(H,20,21). The third-order valence-corrected chi connectivity index (χ3v) is 5.94. The lowest BCUT2D eigenvalue weighted by atomic mass is 10.0. The highest BCUT2D eigenvalue weighted by Crippen LogP contribution is 2.35. The molecule has 1 fully saturated rings. The van der Waals surface area contributed by atoms with Crippen LogP contribution in [0, 0.1) is 0 Å². The third kappa shape index (κ3) is 4.31. The van der Waals surface area contributed by atoms with Crippen LogP contribution in [0.25, 0.3) is 11.0 Å². The summed E-state index contributed by atoms with van der Waals surface area (Å²) >= 11 is 2.02. The van der Waals surface area contributed by atoms with Crippen molar-refractivity contribution in [2.75, 3.05) is 7.05 Å². The van der Waals surface area contributed by atoms with E-state index in [4.69, 9.17) is 4.42 Å². The minimum atomic E-state index is 0.103. The van der Waals surface area contributed by atoms with E-state index in [-0.39, 0.29) is 5.91 Å². The zero-order valence-electron chi connectivity index (χ0n) is 13.8. The number of thioether (sulfide) groups is 1. The van der Waals surface area contributed by atoms with Gasteiger partial charge < -0.3 is 9.73 Å². The maximum Gasteiger partial charge on any atom is 0.219 e. The Morgan fingerprint density at radius 3 is 2.91 bits per heavy atom. The van der Waals surface area contributed by atoms with Gasteiger partial charge in [-0.2, -0.15) is 0 Å². The van der Waals surface area contributed by atoms with Crippen molar-refractivity contribution < 1.29 is 9.21 Å². The molecule has 0 saturated heterocycles. The largest absolute Gasteiger partial charge is 0.464 e. The van der Waals surface area contributed by atoms with Crippen LogP contribution in [-0.2, 0) is 11.2 Å². The van der Waals surface area contributed by atoms with Crippen molar-refractivity contribution in [1.29, 1.82) is 0 Å². The number of aryl methyl sites for hydroxylation is 1. The van der Waals surface area contributed by atoms with E-state index in [2.05, 4.69) is 23.5 Å². The van der Waals surface area contributed by atoms with E-state index in [1.807, 2.05) is 18.0 Å². The van der Waals surface area contributed by atoms with Gasteiger partial charge in [0.25, 0.3) is 0 Å². The Balaban J connectivity index is 1.67. The van der Waals surface area contributed by atoms with Crippen molar-refractivity contribution in [1.82, 2.24) is 5.32 Å². The maximum absolute atomic E-state index is 11.3. The van der Waals surface area contributed by atoms with Crippen LogP contribution in [0.4, 0.5) is 0 Å². The number of hydrogen-bond donors (Lipinski definition) is 1. The van der Waals surface area contributed by atoms with Gasteiger partial charge in [0.2, 0.25) is 5.91 Å². The predicted octanol–water partition coefficient (Wildman–Crippen LogP) is 4.93. The molecule has 0 bridgehead atoms. The second kappa shape index (κ2) is 7.91. The maximum atomic E-state index is 11.3. The number of benzene rings is 1. The smallest absolute Gasteiger partial charge is 0.219 e. The van der Waals surface area contributed by atoms with E-state index < -0.39 is 0 Å². The van der Waals surface area contributed by atoms with Gasteiger partial charge in [-0.25, -0.2) is 0 Å². The van der Waals surface area contributed by atoms with Gasteiger partial charge in [-0.3, -0.25) is 4.79 Å². The summed E-state index contributed by atoms with van der Waals surface area (Å²) in [6.07, 6.45) is 11.0. The number of furan rings is 1. The molecule has 1 N–H and O–H groups in total. The molecule has 3 nitrogen and oxygen atoms in total. The van der Waals surface area contributed by atoms with Gasteiger partial charge >= 0.3 is 0 Å². The minimum absolute atomic E-state index is 0.103. The molecule has 1 saturated carbocycles. The van der Waals surface area contributed by atoms with Crippen LogP contribution >= 0.6 is 11.8 Å². The molecule has 0 unspecified atom stereocenters. The van der Waals surface area contributed by atoms with Crippen molar-refractivity contribution in [3.63, 3.8) is 0 Å². The molecule has 1 aromatic heterocycles. The van der Waals surface area contributed by atoms with E-state index in [0.717, 1.165) is 23.7 Å². The van der Waals surface area contributed by atoms with Crippen LogP contribution in [0.15, 0.2) is 33.8 Å². The lowest BCUT2D eigenvalue weighted by Gasteiger charge is -2.20. The van der Waals surface area contributed by atoms with E-state index in [0.29, 0.717) is 6.42 Å². The molecule has 0 spiro atoms. The first-order chi connectivity index (χ1) is 11.3. The SMILES string of the molecule is CNC(=O)CCCc1coc2ccc(SC3CCCCC3)cc12. The van der Waals surface area contributed by atoms with Crippen LogP contribution in [-0.4, -0.2) is 18.2 Å². The summed E-state index contributed by atoms with van der Waals surface area (Å²) in [6, 6.07) is 6.54. The Morgan fingerprint density at radius 2 is 2.13 bits per heavy atom. The van der Waals surface area contributed by atoms with Gasteiger partial charge in [0.15, 0.2) is 0 Å². The Kier molecular flexibility index (Phi) is 5.65. The van der Waals surface area contributed by atoms with E-state index in [1.165, 1.54) is 47.9 Å². The highest BCUT2D eigenvalue weighted by Gasteiger charge is 2.15. The van der Waals surface area contributed by atoms with Gasteiger partial charge in [0.05, 0.1) is 6.26 Å². The zero-order chi connectivity index (χ0) is 16.1. The molecule has 0 radical (unpaired) electrons. The normalized spacial score (nSPS) is 15.9. The first-order valence-electron chi connectivity index (χ1n) is 8.63. The Hall–Kier alpha value is -1.42. The van der Waals surface area contributed by atoms with E-state index in [9.17, 15) is 4.79 Å². The second-order valence-corrected chi connectivity index (χ2v) is 7.70. The fourth-order valence-corrected chi connectivity index (χ4v) is 4.55. The van der Waals surface area contributed by atoms with E-state index >= 15 is 0 Å². The van der Waals surface area contributed by atoms with Crippen LogP contribution in [0.1, 0.15) is 50.5 Å². The number of nitrogens with one attached hydrogen (secondary N) is 1. The number of fused-ring (bicyclic) bond motifs is 1. The summed E-state index contributed by atoms with van der Waals surface area (Å²) in [5, 5.41) is 4.65. The molecular weight excluding hydrogens is 306 g/mol. The predicted molar refractivity (Wildman–Crippen MR) is 95.9 cm³/mol. The summed E-state index contributed by atoms with van der Waals surface area (Å²) in [5.74, 6) is 0.103. The van der Waals surface area contributed by atoms with Gasteiger partial charge in [0.1, 0.15) is 5.58 Å². The van der Waals surface area contributed by atoms with Crippen molar-refractivity contribution in [3.8, 4) is 0 Å². The lowest BCUT2D eigenvalue weighted by Crippen LogP contribution is -2.17. The molecule has 124 valence electrons. The molecule has 4 heteroatoms. The van der Waals surface area contributed by atoms with E-state index in [1.54, 1.807) is 7.05 Å². The van der Waals surface area contributed by atoms with Crippen LogP contribution in [0.2, 0.25) is 0 Å². The summed E-state index contributed by atoms with van der Waals surface area (Å²) in [4.78, 5) is 12.7. The number of amides is 1. The van der Waals surface area contributed by atoms with Gasteiger partial charge in [-0.15, -0.1) is 11.8 Å². The van der Waals surface area contributed by atoms with Crippen LogP contribution < -0.4 is 5.32 Å².